The van der Waals surface area contributed by atoms with E-state index in [4.69, 9.17) is 10.5 Å². The van der Waals surface area contributed by atoms with Crippen molar-refractivity contribution in [1.29, 1.82) is 0 Å². The van der Waals surface area contributed by atoms with Crippen molar-refractivity contribution in [2.24, 2.45) is 11.7 Å². The Labute approximate surface area is 166 Å². The molecule has 4 heteroatoms. The molecule has 0 bridgehead atoms. The van der Waals surface area contributed by atoms with Gasteiger partial charge in [-0.05, 0) is 55.1 Å². The molecule has 0 spiro atoms. The fraction of sp³-hybridized carbons (Fsp3) is 0.417. The van der Waals surface area contributed by atoms with Gasteiger partial charge in [0.2, 0.25) is 0 Å². The molecule has 4 unspecified atom stereocenters. The largest absolute Gasteiger partial charge is 0.449 e. The van der Waals surface area contributed by atoms with E-state index in [1.54, 1.807) is 0 Å². The molecule has 2 aliphatic carbocycles. The first-order valence-corrected chi connectivity index (χ1v) is 10.2. The van der Waals surface area contributed by atoms with Crippen LogP contribution in [0.2, 0.25) is 0 Å². The van der Waals surface area contributed by atoms with Gasteiger partial charge in [0.1, 0.15) is 0 Å². The third-order valence-electron chi connectivity index (χ3n) is 6.53. The molecule has 2 aromatic carbocycles. The van der Waals surface area contributed by atoms with Gasteiger partial charge in [-0.2, -0.15) is 0 Å². The normalized spacial score (nSPS) is 29.5. The number of nitrogens with two attached hydrogens (primary N) is 1. The van der Waals surface area contributed by atoms with E-state index in [0.717, 1.165) is 25.7 Å². The quantitative estimate of drug-likeness (QED) is 0.790. The zero-order chi connectivity index (χ0) is 19.6. The molecule has 0 radical (unpaired) electrons. The summed E-state index contributed by atoms with van der Waals surface area (Å²) >= 11 is 0. The highest BCUT2D eigenvalue weighted by molar-refractivity contribution is 5.87. The van der Waals surface area contributed by atoms with Crippen LogP contribution >= 0.6 is 0 Å². The molecule has 2 aromatic rings. The molecule has 4 atom stereocenters. The molecule has 2 N–H and O–H groups in total. The van der Waals surface area contributed by atoms with Crippen molar-refractivity contribution in [3.8, 4) is 0 Å². The molecular formula is C24H27NO3. The predicted octanol–water partition coefficient (Wildman–Crippen LogP) is 4.31. The third-order valence-corrected chi connectivity index (χ3v) is 6.53. The van der Waals surface area contributed by atoms with Gasteiger partial charge >= 0.3 is 5.97 Å². The number of esters is 1. The minimum Gasteiger partial charge on any atom is -0.449 e. The van der Waals surface area contributed by atoms with Crippen LogP contribution in [0.3, 0.4) is 0 Å². The van der Waals surface area contributed by atoms with Crippen molar-refractivity contribution in [2.75, 3.05) is 0 Å². The molecule has 0 heterocycles. The number of carbonyl (C=O) groups excluding carboxylic acids is 2. The van der Waals surface area contributed by atoms with Gasteiger partial charge < -0.3 is 10.5 Å². The topological polar surface area (TPSA) is 69.4 Å². The van der Waals surface area contributed by atoms with Crippen molar-refractivity contribution in [3.05, 3.63) is 71.8 Å². The molecule has 2 saturated carbocycles. The highest BCUT2D eigenvalue weighted by Gasteiger charge is 2.49. The van der Waals surface area contributed by atoms with Crippen LogP contribution in [-0.2, 0) is 14.3 Å². The molecule has 0 aliphatic heterocycles. The fourth-order valence-electron chi connectivity index (χ4n) is 4.89. The van der Waals surface area contributed by atoms with E-state index in [1.807, 2.05) is 36.4 Å². The van der Waals surface area contributed by atoms with Gasteiger partial charge in [0, 0.05) is 6.42 Å². The molecule has 0 saturated heterocycles. The number of benzene rings is 2. The van der Waals surface area contributed by atoms with E-state index in [-0.39, 0.29) is 17.8 Å². The number of carbonyl (C=O) groups is 2. The van der Waals surface area contributed by atoms with Crippen LogP contribution in [0.4, 0.5) is 0 Å². The molecule has 146 valence electrons. The molecule has 1 amide bonds. The smallest absolute Gasteiger partial charge is 0.310 e. The summed E-state index contributed by atoms with van der Waals surface area (Å²) in [6.45, 7) is 0. The molecule has 4 nitrogen and oxygen atoms in total. The second kappa shape index (κ2) is 7.78. The Kier molecular flexibility index (Phi) is 5.21. The van der Waals surface area contributed by atoms with E-state index in [9.17, 15) is 9.59 Å². The summed E-state index contributed by atoms with van der Waals surface area (Å²) in [6, 6.07) is 20.4. The van der Waals surface area contributed by atoms with Gasteiger partial charge in [-0.1, -0.05) is 60.7 Å². The summed E-state index contributed by atoms with van der Waals surface area (Å²) < 4.78 is 5.87. The van der Waals surface area contributed by atoms with E-state index < -0.39 is 11.5 Å². The Bertz CT molecular complexity index is 835. The van der Waals surface area contributed by atoms with E-state index in [1.165, 1.54) is 11.1 Å². The molecule has 0 aromatic heterocycles. The van der Waals surface area contributed by atoms with Gasteiger partial charge in [0.05, 0.1) is 5.92 Å². The van der Waals surface area contributed by atoms with Crippen LogP contribution in [-0.4, -0.2) is 17.5 Å². The van der Waals surface area contributed by atoms with Crippen molar-refractivity contribution >= 4 is 11.9 Å². The van der Waals surface area contributed by atoms with Crippen LogP contribution in [0, 0.1) is 5.92 Å². The van der Waals surface area contributed by atoms with Crippen molar-refractivity contribution < 1.29 is 14.3 Å². The standard InChI is InChI=1S/C24H27NO3/c25-23(27)24(14-13-21(16-24)18-9-5-2-6-10-18)28-22(26)20-12-11-19(15-20)17-7-3-1-4-8-17/h1-10,19-21H,11-16H2,(H2,25,27). The van der Waals surface area contributed by atoms with Gasteiger partial charge in [-0.3, -0.25) is 9.59 Å². The monoisotopic (exact) mass is 377 g/mol. The van der Waals surface area contributed by atoms with Gasteiger partial charge in [0.25, 0.3) is 5.91 Å². The summed E-state index contributed by atoms with van der Waals surface area (Å²) in [5.74, 6) is -0.355. The lowest BCUT2D eigenvalue weighted by Crippen LogP contribution is -2.46. The number of amides is 1. The lowest BCUT2D eigenvalue weighted by atomic mass is 9.93. The molecule has 2 fully saturated rings. The Morgan fingerprint density at radius 2 is 1.46 bits per heavy atom. The van der Waals surface area contributed by atoms with E-state index in [0.29, 0.717) is 18.8 Å². The highest BCUT2D eigenvalue weighted by atomic mass is 16.6. The first kappa shape index (κ1) is 18.7. The minimum absolute atomic E-state index is 0.155. The summed E-state index contributed by atoms with van der Waals surface area (Å²) in [4.78, 5) is 25.2. The second-order valence-electron chi connectivity index (χ2n) is 8.25. The molecule has 4 rings (SSSR count). The summed E-state index contributed by atoms with van der Waals surface area (Å²) in [5.41, 5.74) is 7.00. The summed E-state index contributed by atoms with van der Waals surface area (Å²) in [7, 11) is 0. The number of rotatable bonds is 5. The average molecular weight is 377 g/mol. The molecule has 2 aliphatic rings. The van der Waals surface area contributed by atoms with E-state index in [2.05, 4.69) is 24.3 Å². The van der Waals surface area contributed by atoms with Crippen LogP contribution in [0.1, 0.15) is 61.5 Å². The summed E-state index contributed by atoms with van der Waals surface area (Å²) in [6.07, 6.45) is 4.34. The van der Waals surface area contributed by atoms with Crippen LogP contribution < -0.4 is 5.73 Å². The Morgan fingerprint density at radius 3 is 2.07 bits per heavy atom. The number of ether oxygens (including phenoxy) is 1. The van der Waals surface area contributed by atoms with Crippen LogP contribution in [0.25, 0.3) is 0 Å². The third kappa shape index (κ3) is 3.68. The lowest BCUT2D eigenvalue weighted by molar-refractivity contribution is -0.170. The molecule has 28 heavy (non-hydrogen) atoms. The Balaban J connectivity index is 1.43. The van der Waals surface area contributed by atoms with Gasteiger partial charge in [0.15, 0.2) is 5.60 Å². The lowest BCUT2D eigenvalue weighted by Gasteiger charge is -2.27. The van der Waals surface area contributed by atoms with Crippen molar-refractivity contribution in [1.82, 2.24) is 0 Å². The Morgan fingerprint density at radius 1 is 0.857 bits per heavy atom. The summed E-state index contributed by atoms with van der Waals surface area (Å²) in [5, 5.41) is 0. The van der Waals surface area contributed by atoms with Crippen LogP contribution in [0.5, 0.6) is 0 Å². The van der Waals surface area contributed by atoms with E-state index >= 15 is 0 Å². The Hall–Kier alpha value is -2.62. The first-order valence-electron chi connectivity index (χ1n) is 10.2. The average Bonchev–Trinajstić information content (AvgIpc) is 3.38. The second-order valence-corrected chi connectivity index (χ2v) is 8.25. The van der Waals surface area contributed by atoms with Gasteiger partial charge in [-0.25, -0.2) is 0 Å². The minimum atomic E-state index is -1.16. The predicted molar refractivity (Wildman–Crippen MR) is 108 cm³/mol. The SMILES string of the molecule is NC(=O)C1(OC(=O)C2CCC(c3ccccc3)C2)CCC(c2ccccc2)C1. The first-order chi connectivity index (χ1) is 13.6. The van der Waals surface area contributed by atoms with Crippen molar-refractivity contribution in [2.45, 2.75) is 56.0 Å². The molecular weight excluding hydrogens is 350 g/mol. The highest BCUT2D eigenvalue weighted by Crippen LogP contribution is 2.45. The van der Waals surface area contributed by atoms with Crippen molar-refractivity contribution in [3.63, 3.8) is 0 Å². The zero-order valence-corrected chi connectivity index (χ0v) is 16.1. The fourth-order valence-corrected chi connectivity index (χ4v) is 4.89. The van der Waals surface area contributed by atoms with Crippen LogP contribution in [0.15, 0.2) is 60.7 Å². The maximum absolute atomic E-state index is 12.9. The van der Waals surface area contributed by atoms with Gasteiger partial charge in [-0.15, -0.1) is 0 Å². The number of hydrogen-bond acceptors (Lipinski definition) is 3. The zero-order valence-electron chi connectivity index (χ0n) is 16.1. The number of hydrogen-bond donors (Lipinski definition) is 1. The maximum atomic E-state index is 12.9. The maximum Gasteiger partial charge on any atom is 0.310 e. The number of primary amides is 1.